The van der Waals surface area contributed by atoms with E-state index in [1.54, 1.807) is 24.3 Å². The maximum absolute atomic E-state index is 13.4. The van der Waals surface area contributed by atoms with Gasteiger partial charge in [0.1, 0.15) is 5.75 Å². The Kier molecular flexibility index (Phi) is 6.51. The molecule has 6 atom stereocenters. The zero-order valence-electron chi connectivity index (χ0n) is 19.1. The van der Waals surface area contributed by atoms with Crippen LogP contribution in [0.3, 0.4) is 0 Å². The summed E-state index contributed by atoms with van der Waals surface area (Å²) >= 11 is 0. The molecule has 2 amide bonds. The molecule has 8 heteroatoms. The Labute approximate surface area is 193 Å². The lowest BCUT2D eigenvalue weighted by molar-refractivity contribution is -0.276. The number of imide groups is 1. The quantitative estimate of drug-likeness (QED) is 0.403. The van der Waals surface area contributed by atoms with Crippen molar-refractivity contribution in [3.63, 3.8) is 0 Å². The predicted molar refractivity (Wildman–Crippen MR) is 118 cm³/mol. The van der Waals surface area contributed by atoms with Crippen molar-refractivity contribution in [3.05, 3.63) is 29.8 Å². The number of rotatable bonds is 8. The van der Waals surface area contributed by atoms with Crippen LogP contribution >= 0.6 is 0 Å². The minimum atomic E-state index is -1.49. The fourth-order valence-corrected chi connectivity index (χ4v) is 6.07. The zero-order valence-corrected chi connectivity index (χ0v) is 19.1. The number of phenolic OH excluding ortho intramolecular Hbond substituents is 1. The first-order valence-corrected chi connectivity index (χ1v) is 11.9. The van der Waals surface area contributed by atoms with E-state index in [0.29, 0.717) is 32.1 Å². The van der Waals surface area contributed by atoms with Crippen molar-refractivity contribution in [2.45, 2.75) is 64.3 Å². The van der Waals surface area contributed by atoms with Gasteiger partial charge in [-0.3, -0.25) is 19.3 Å². The Hall–Kier alpha value is -2.45. The van der Waals surface area contributed by atoms with E-state index >= 15 is 0 Å². The number of unbranched alkanes of at least 4 members (excludes halogenated alkanes) is 2. The number of likely N-dealkylation sites (tertiary alicyclic amines) is 1. The molecule has 2 heterocycles. The van der Waals surface area contributed by atoms with Crippen LogP contribution in [0.4, 0.5) is 0 Å². The van der Waals surface area contributed by atoms with Crippen molar-refractivity contribution in [2.24, 2.45) is 29.6 Å². The molecule has 3 N–H and O–H groups in total. The van der Waals surface area contributed by atoms with Crippen LogP contribution in [0.1, 0.15) is 64.0 Å². The molecular formula is C25H33NO7. The summed E-state index contributed by atoms with van der Waals surface area (Å²) in [6.45, 7) is 4.28. The number of carboxylic acid groups (broad SMARTS) is 1. The van der Waals surface area contributed by atoms with Crippen LogP contribution < -0.4 is 0 Å². The molecule has 1 aliphatic carbocycles. The molecule has 0 radical (unpaired) electrons. The predicted octanol–water partition coefficient (Wildman–Crippen LogP) is 3.08. The molecule has 2 saturated heterocycles. The third-order valence-corrected chi connectivity index (χ3v) is 7.71. The number of carbonyl (C=O) groups is 3. The monoisotopic (exact) mass is 459 g/mol. The van der Waals surface area contributed by atoms with E-state index in [0.717, 1.165) is 5.56 Å². The summed E-state index contributed by atoms with van der Waals surface area (Å²) in [4.78, 5) is 38.6. The Balaban J connectivity index is 1.55. The molecule has 180 valence electrons. The molecule has 0 unspecified atom stereocenters. The minimum absolute atomic E-state index is 0.0602. The third-order valence-electron chi connectivity index (χ3n) is 7.71. The molecule has 4 rings (SSSR count). The molecule has 0 spiro atoms. The minimum Gasteiger partial charge on any atom is -0.508 e. The normalized spacial score (nSPS) is 33.5. The molecular weight excluding hydrogens is 426 g/mol. The van der Waals surface area contributed by atoms with Crippen LogP contribution in [0.5, 0.6) is 5.75 Å². The lowest BCUT2D eigenvalue weighted by Gasteiger charge is -2.46. The number of aromatic hydroxyl groups is 1. The van der Waals surface area contributed by atoms with Crippen molar-refractivity contribution in [2.75, 3.05) is 6.54 Å². The molecule has 1 aromatic carbocycles. The molecule has 3 fully saturated rings. The van der Waals surface area contributed by atoms with E-state index in [2.05, 4.69) is 0 Å². The Morgan fingerprint density at radius 3 is 2.45 bits per heavy atom. The van der Waals surface area contributed by atoms with Gasteiger partial charge in [0, 0.05) is 24.8 Å². The highest BCUT2D eigenvalue weighted by atomic mass is 16.6. The van der Waals surface area contributed by atoms with Crippen LogP contribution in [0.15, 0.2) is 24.3 Å². The van der Waals surface area contributed by atoms with Crippen molar-refractivity contribution in [1.29, 1.82) is 0 Å². The molecule has 8 nitrogen and oxygen atoms in total. The molecule has 0 aromatic heterocycles. The van der Waals surface area contributed by atoms with E-state index < -0.39 is 35.6 Å². The van der Waals surface area contributed by atoms with Gasteiger partial charge in [0.05, 0.1) is 17.9 Å². The van der Waals surface area contributed by atoms with E-state index in [4.69, 9.17) is 9.84 Å². The average molecular weight is 460 g/mol. The summed E-state index contributed by atoms with van der Waals surface area (Å²) in [5.41, 5.74) is 0.821. The SMILES string of the molecule is CC(C)[C@H]1C[C@@H]2C(=O)N(CCCCCC(=O)O)C(=O)[C@@H]2[C@@H]2C[C@@H](c3ccc(O)cc3)O[C@]12O. The standard InChI is InChI=1S/C25H33NO7/c1-14(2)18-12-17-22(24(31)26(23(17)30)11-5-3-4-6-21(28)29)19-13-20(33-25(18,19)32)15-7-9-16(27)10-8-15/h7-10,14,17-20,22,27,32H,3-6,11-13H2,1-2H3,(H,28,29)/t17-,18+,19-,20-,22-,25+/m0/s1. The van der Waals surface area contributed by atoms with Gasteiger partial charge in [-0.15, -0.1) is 0 Å². The highest BCUT2D eigenvalue weighted by Gasteiger charge is 2.66. The number of carboxylic acids is 1. The first-order valence-electron chi connectivity index (χ1n) is 11.9. The van der Waals surface area contributed by atoms with E-state index in [1.807, 2.05) is 13.8 Å². The highest BCUT2D eigenvalue weighted by Crippen LogP contribution is 2.59. The molecule has 1 saturated carbocycles. The van der Waals surface area contributed by atoms with Crippen molar-refractivity contribution in [3.8, 4) is 5.75 Å². The maximum atomic E-state index is 13.4. The third kappa shape index (κ3) is 4.26. The number of hydrogen-bond acceptors (Lipinski definition) is 6. The molecule has 1 aromatic rings. The van der Waals surface area contributed by atoms with Crippen LogP contribution in [-0.2, 0) is 19.1 Å². The summed E-state index contributed by atoms with van der Waals surface area (Å²) in [5, 5.41) is 30.1. The van der Waals surface area contributed by atoms with E-state index in [9.17, 15) is 24.6 Å². The highest BCUT2D eigenvalue weighted by molar-refractivity contribution is 6.05. The lowest BCUT2D eigenvalue weighted by Crippen LogP contribution is -2.55. The van der Waals surface area contributed by atoms with Gasteiger partial charge in [-0.1, -0.05) is 32.4 Å². The van der Waals surface area contributed by atoms with E-state index in [1.165, 1.54) is 4.90 Å². The van der Waals surface area contributed by atoms with Crippen LogP contribution in [0.2, 0.25) is 0 Å². The second-order valence-corrected chi connectivity index (χ2v) is 10.0. The summed E-state index contributed by atoms with van der Waals surface area (Å²) in [7, 11) is 0. The number of amides is 2. The number of hydrogen-bond donors (Lipinski definition) is 3. The summed E-state index contributed by atoms with van der Waals surface area (Å²) in [6, 6.07) is 6.66. The van der Waals surface area contributed by atoms with Gasteiger partial charge < -0.3 is 20.1 Å². The molecule has 0 bridgehead atoms. The maximum Gasteiger partial charge on any atom is 0.303 e. The van der Waals surface area contributed by atoms with Crippen molar-refractivity contribution < 1.29 is 34.4 Å². The van der Waals surface area contributed by atoms with Gasteiger partial charge >= 0.3 is 5.97 Å². The van der Waals surface area contributed by atoms with Gasteiger partial charge in [0.25, 0.3) is 0 Å². The van der Waals surface area contributed by atoms with E-state index in [-0.39, 0.29) is 42.4 Å². The number of ether oxygens (including phenoxy) is 1. The Bertz CT molecular complexity index is 914. The number of carbonyl (C=O) groups excluding carboxylic acids is 2. The Morgan fingerprint density at radius 2 is 1.82 bits per heavy atom. The first kappa shape index (κ1) is 23.7. The van der Waals surface area contributed by atoms with Gasteiger partial charge in [-0.25, -0.2) is 0 Å². The number of fused-ring (bicyclic) bond motifs is 3. The summed E-state index contributed by atoms with van der Waals surface area (Å²) < 4.78 is 6.25. The van der Waals surface area contributed by atoms with Gasteiger partial charge in [-0.2, -0.15) is 0 Å². The summed E-state index contributed by atoms with van der Waals surface area (Å²) in [6.07, 6.45) is 2.20. The number of aliphatic hydroxyl groups is 1. The fourth-order valence-electron chi connectivity index (χ4n) is 6.07. The molecule has 33 heavy (non-hydrogen) atoms. The fraction of sp³-hybridized carbons (Fsp3) is 0.640. The van der Waals surface area contributed by atoms with Crippen molar-refractivity contribution >= 4 is 17.8 Å². The van der Waals surface area contributed by atoms with Crippen LogP contribution in [0.25, 0.3) is 0 Å². The smallest absolute Gasteiger partial charge is 0.303 e. The summed E-state index contributed by atoms with van der Waals surface area (Å²) in [5.74, 6) is -4.41. The number of nitrogens with zero attached hydrogens (tertiary/aromatic N) is 1. The number of phenols is 1. The number of benzene rings is 1. The second-order valence-electron chi connectivity index (χ2n) is 10.0. The van der Waals surface area contributed by atoms with Gasteiger partial charge in [0.15, 0.2) is 5.79 Å². The molecule has 3 aliphatic rings. The topological polar surface area (TPSA) is 124 Å². The lowest BCUT2D eigenvalue weighted by atomic mass is 9.62. The number of aliphatic carboxylic acids is 1. The zero-order chi connectivity index (χ0) is 23.9. The second kappa shape index (κ2) is 9.06. The van der Waals surface area contributed by atoms with Crippen LogP contribution in [-0.4, -0.2) is 50.3 Å². The Morgan fingerprint density at radius 1 is 1.12 bits per heavy atom. The molecule has 2 aliphatic heterocycles. The first-order chi connectivity index (χ1) is 15.6. The average Bonchev–Trinajstić information content (AvgIpc) is 3.22. The van der Waals surface area contributed by atoms with Crippen molar-refractivity contribution in [1.82, 2.24) is 4.90 Å². The largest absolute Gasteiger partial charge is 0.508 e. The van der Waals surface area contributed by atoms with Gasteiger partial charge in [0.2, 0.25) is 11.8 Å². The van der Waals surface area contributed by atoms with Gasteiger partial charge in [-0.05, 0) is 49.3 Å². The van der Waals surface area contributed by atoms with Crippen LogP contribution in [0, 0.1) is 29.6 Å².